The molecular weight excluding hydrogens is 515 g/mol. The van der Waals surface area contributed by atoms with Crippen molar-refractivity contribution in [3.63, 3.8) is 0 Å². The van der Waals surface area contributed by atoms with Gasteiger partial charge in [0.1, 0.15) is 11.2 Å². The normalized spacial score (nSPS) is 12.3. The molecule has 0 radical (unpaired) electrons. The molecule has 1 aliphatic rings. The van der Waals surface area contributed by atoms with Crippen LogP contribution in [-0.2, 0) is 6.42 Å². The number of hydrogen-bond acceptors (Lipinski definition) is 1. The molecule has 2 heteroatoms. The molecule has 0 aliphatic heterocycles. The molecule has 0 N–H and O–H groups in total. The molecule has 0 spiro atoms. The fraction of sp³-hybridized carbons (Fsp3) is 0.0323. The lowest BCUT2D eigenvalue weighted by Crippen LogP contribution is -1.93. The van der Waals surface area contributed by atoms with Gasteiger partial charge in [-0.15, -0.1) is 0 Å². The molecule has 0 bridgehead atoms. The summed E-state index contributed by atoms with van der Waals surface area (Å²) in [5.41, 5.74) is 12.3. The van der Waals surface area contributed by atoms with Crippen LogP contribution in [0.2, 0.25) is 0 Å². The maximum atomic E-state index is 6.59. The number of fused-ring (bicyclic) bond motifs is 6. The Morgan fingerprint density at radius 2 is 1.24 bits per heavy atom. The van der Waals surface area contributed by atoms with Gasteiger partial charge in [-0.05, 0) is 74.0 Å². The van der Waals surface area contributed by atoms with Gasteiger partial charge in [-0.25, -0.2) is 0 Å². The summed E-state index contributed by atoms with van der Waals surface area (Å²) in [6.07, 6.45) is 0.940. The highest BCUT2D eigenvalue weighted by Crippen LogP contribution is 2.48. The molecule has 7 rings (SSSR count). The first-order chi connectivity index (χ1) is 16.3. The van der Waals surface area contributed by atoms with E-state index in [-0.39, 0.29) is 0 Å². The highest BCUT2D eigenvalue weighted by Gasteiger charge is 2.26. The van der Waals surface area contributed by atoms with Gasteiger partial charge in [-0.3, -0.25) is 0 Å². The summed E-state index contributed by atoms with van der Waals surface area (Å²) in [5, 5.41) is 2.35. The minimum absolute atomic E-state index is 0.940. The largest absolute Gasteiger partial charge is 0.454 e. The highest BCUT2D eigenvalue weighted by atomic mass is 127. The second-order valence-corrected chi connectivity index (χ2v) is 9.78. The zero-order chi connectivity index (χ0) is 21.9. The Morgan fingerprint density at radius 1 is 0.545 bits per heavy atom. The lowest BCUT2D eigenvalue weighted by molar-refractivity contribution is 0.667. The van der Waals surface area contributed by atoms with E-state index in [0.717, 1.165) is 21.2 Å². The number of benzene rings is 5. The Morgan fingerprint density at radius 3 is 2.12 bits per heavy atom. The summed E-state index contributed by atoms with van der Waals surface area (Å²) in [4.78, 5) is 0. The molecule has 0 amide bonds. The standard InChI is InChI=1S/C31H19IO/c32-28-15-7-13-25-24-12-6-14-26(30(24)33-31(25)28)29-22(19-8-2-1-3-9-19)16-17-23-21-11-5-4-10-20(21)18-27(23)29/h1-17H,18H2. The zero-order valence-electron chi connectivity index (χ0n) is 17.8. The summed E-state index contributed by atoms with van der Waals surface area (Å²) in [5.74, 6) is 0. The zero-order valence-corrected chi connectivity index (χ0v) is 20.0. The highest BCUT2D eigenvalue weighted by molar-refractivity contribution is 14.1. The lowest BCUT2D eigenvalue weighted by atomic mass is 9.87. The van der Waals surface area contributed by atoms with Crippen LogP contribution < -0.4 is 0 Å². The van der Waals surface area contributed by atoms with Crippen LogP contribution in [0.5, 0.6) is 0 Å². The molecule has 0 saturated carbocycles. The molecule has 0 atom stereocenters. The van der Waals surface area contributed by atoms with Crippen LogP contribution in [0.3, 0.4) is 0 Å². The summed E-state index contributed by atoms with van der Waals surface area (Å²) >= 11 is 2.37. The van der Waals surface area contributed by atoms with Crippen molar-refractivity contribution >= 4 is 44.5 Å². The quantitative estimate of drug-likeness (QED) is 0.202. The van der Waals surface area contributed by atoms with Crippen molar-refractivity contribution in [2.45, 2.75) is 6.42 Å². The van der Waals surface area contributed by atoms with Gasteiger partial charge in [0.25, 0.3) is 0 Å². The number of furan rings is 1. The molecule has 1 aromatic heterocycles. The van der Waals surface area contributed by atoms with Crippen LogP contribution in [0.4, 0.5) is 0 Å². The van der Waals surface area contributed by atoms with E-state index in [0.29, 0.717) is 0 Å². The maximum absolute atomic E-state index is 6.59. The second kappa shape index (κ2) is 7.32. The Hall–Kier alpha value is -3.37. The number of rotatable bonds is 2. The fourth-order valence-electron chi connectivity index (χ4n) is 5.36. The van der Waals surface area contributed by atoms with Crippen LogP contribution in [-0.4, -0.2) is 0 Å². The third-order valence-corrected chi connectivity index (χ3v) is 7.67. The van der Waals surface area contributed by atoms with E-state index in [2.05, 4.69) is 126 Å². The van der Waals surface area contributed by atoms with Gasteiger partial charge in [-0.1, -0.05) is 97.1 Å². The van der Waals surface area contributed by atoms with Crippen molar-refractivity contribution in [2.75, 3.05) is 0 Å². The second-order valence-electron chi connectivity index (χ2n) is 8.62. The molecule has 0 unspecified atom stereocenters. The van der Waals surface area contributed by atoms with Crippen molar-refractivity contribution in [1.82, 2.24) is 0 Å². The molecule has 1 aliphatic carbocycles. The summed E-state index contributed by atoms with van der Waals surface area (Å²) in [7, 11) is 0. The van der Waals surface area contributed by atoms with Gasteiger partial charge in [0.15, 0.2) is 0 Å². The SMILES string of the molecule is Ic1cccc2c1oc1c(-c3c(-c4ccccc4)ccc4c3Cc3ccccc3-4)cccc12. The van der Waals surface area contributed by atoms with Gasteiger partial charge in [0.2, 0.25) is 0 Å². The van der Waals surface area contributed by atoms with Crippen LogP contribution in [0.15, 0.2) is 108 Å². The first kappa shape index (κ1) is 19.1. The number of halogens is 1. The lowest BCUT2D eigenvalue weighted by Gasteiger charge is -2.16. The summed E-state index contributed by atoms with van der Waals surface area (Å²) < 4.78 is 7.73. The average molecular weight is 534 g/mol. The van der Waals surface area contributed by atoms with Crippen molar-refractivity contribution in [1.29, 1.82) is 0 Å². The van der Waals surface area contributed by atoms with Gasteiger partial charge in [0, 0.05) is 16.3 Å². The smallest absolute Gasteiger partial charge is 0.148 e. The molecule has 0 fully saturated rings. The Balaban J connectivity index is 1.60. The first-order valence-electron chi connectivity index (χ1n) is 11.2. The molecule has 5 aromatic carbocycles. The fourth-order valence-corrected chi connectivity index (χ4v) is 5.97. The van der Waals surface area contributed by atoms with Crippen molar-refractivity contribution in [3.05, 3.63) is 118 Å². The predicted octanol–water partition coefficient (Wildman–Crippen LogP) is 9.10. The van der Waals surface area contributed by atoms with E-state index in [4.69, 9.17) is 4.42 Å². The van der Waals surface area contributed by atoms with Crippen LogP contribution in [0, 0.1) is 3.57 Å². The molecule has 1 nitrogen and oxygen atoms in total. The average Bonchev–Trinajstić information content (AvgIpc) is 3.43. The Kier molecular flexibility index (Phi) is 4.25. The molecule has 6 aromatic rings. The van der Waals surface area contributed by atoms with Gasteiger partial charge in [0.05, 0.1) is 3.57 Å². The molecule has 1 heterocycles. The van der Waals surface area contributed by atoms with Crippen LogP contribution in [0.25, 0.3) is 55.3 Å². The van der Waals surface area contributed by atoms with E-state index in [1.54, 1.807) is 0 Å². The summed E-state index contributed by atoms with van der Waals surface area (Å²) in [6, 6.07) is 37.0. The van der Waals surface area contributed by atoms with Gasteiger partial charge < -0.3 is 4.42 Å². The topological polar surface area (TPSA) is 13.1 Å². The van der Waals surface area contributed by atoms with Crippen molar-refractivity contribution in [2.24, 2.45) is 0 Å². The minimum Gasteiger partial charge on any atom is -0.454 e. The van der Waals surface area contributed by atoms with E-state index >= 15 is 0 Å². The first-order valence-corrected chi connectivity index (χ1v) is 12.3. The van der Waals surface area contributed by atoms with E-state index in [9.17, 15) is 0 Å². The molecule has 0 saturated heterocycles. The molecule has 33 heavy (non-hydrogen) atoms. The monoisotopic (exact) mass is 534 g/mol. The minimum atomic E-state index is 0.940. The van der Waals surface area contributed by atoms with E-state index in [1.165, 1.54) is 55.3 Å². The molecule has 156 valence electrons. The number of para-hydroxylation sites is 2. The third kappa shape index (κ3) is 2.83. The predicted molar refractivity (Wildman–Crippen MR) is 146 cm³/mol. The van der Waals surface area contributed by atoms with E-state index in [1.807, 2.05) is 0 Å². The third-order valence-electron chi connectivity index (χ3n) is 6.82. The van der Waals surface area contributed by atoms with Gasteiger partial charge >= 0.3 is 0 Å². The Bertz CT molecular complexity index is 1690. The number of hydrogen-bond donors (Lipinski definition) is 0. The van der Waals surface area contributed by atoms with Crippen LogP contribution >= 0.6 is 22.6 Å². The maximum Gasteiger partial charge on any atom is 0.148 e. The van der Waals surface area contributed by atoms with Crippen molar-refractivity contribution < 1.29 is 4.42 Å². The Labute approximate surface area is 205 Å². The van der Waals surface area contributed by atoms with Crippen molar-refractivity contribution in [3.8, 4) is 33.4 Å². The van der Waals surface area contributed by atoms with Gasteiger partial charge in [-0.2, -0.15) is 0 Å². The van der Waals surface area contributed by atoms with E-state index < -0.39 is 0 Å². The summed E-state index contributed by atoms with van der Waals surface area (Å²) in [6.45, 7) is 0. The van der Waals surface area contributed by atoms with Crippen LogP contribution in [0.1, 0.15) is 11.1 Å². The molecular formula is C31H19IO.